The number of hydrogen-bond acceptors (Lipinski definition) is 4. The van der Waals surface area contributed by atoms with Crippen molar-refractivity contribution in [3.05, 3.63) is 17.5 Å². The smallest absolute Gasteiger partial charge is 0.244 e. The van der Waals surface area contributed by atoms with Gasteiger partial charge in [0.05, 0.1) is 11.6 Å². The van der Waals surface area contributed by atoms with Crippen molar-refractivity contribution in [2.24, 2.45) is 5.92 Å². The van der Waals surface area contributed by atoms with Crippen molar-refractivity contribution in [3.63, 3.8) is 0 Å². The maximum Gasteiger partial charge on any atom is 0.244 e. The lowest BCUT2D eigenvalue weighted by Crippen LogP contribution is -2.51. The van der Waals surface area contributed by atoms with E-state index in [-0.39, 0.29) is 42.8 Å². The first-order chi connectivity index (χ1) is 12.3. The minimum absolute atomic E-state index is 0.00198. The average Bonchev–Trinajstić information content (AvgIpc) is 2.76. The standard InChI is InChI=1S/C18H27N5O3/c1-12-7-13(2)23(19-12)11-17(25)21-8-14-5-6-15(9-21)22(18(14)26)10-16(24)20(3)4/h7,14-15H,5-6,8-11H2,1-4H3/t14-,15+/m1/s1. The number of likely N-dealkylation sites (N-methyl/N-ethyl adjacent to an activating group) is 1. The Morgan fingerprint density at radius 1 is 1.19 bits per heavy atom. The van der Waals surface area contributed by atoms with Crippen LogP contribution in [-0.2, 0) is 20.9 Å². The van der Waals surface area contributed by atoms with E-state index in [1.165, 1.54) is 4.90 Å². The Morgan fingerprint density at radius 2 is 1.92 bits per heavy atom. The van der Waals surface area contributed by atoms with Gasteiger partial charge in [0.25, 0.3) is 0 Å². The molecule has 3 aliphatic rings. The summed E-state index contributed by atoms with van der Waals surface area (Å²) < 4.78 is 1.71. The molecule has 3 saturated heterocycles. The summed E-state index contributed by atoms with van der Waals surface area (Å²) in [6, 6.07) is 1.85. The Kier molecular flexibility index (Phi) is 5.02. The summed E-state index contributed by atoms with van der Waals surface area (Å²) in [6.45, 7) is 5.02. The summed E-state index contributed by atoms with van der Waals surface area (Å²) in [6.07, 6.45) is 1.61. The third-order valence-electron chi connectivity index (χ3n) is 5.34. The van der Waals surface area contributed by atoms with E-state index in [2.05, 4.69) is 5.10 Å². The summed E-state index contributed by atoms with van der Waals surface area (Å²) in [5.41, 5.74) is 1.83. The number of carbonyl (C=O) groups excluding carboxylic acids is 3. The fourth-order valence-corrected chi connectivity index (χ4v) is 3.80. The number of carbonyl (C=O) groups is 3. The molecule has 3 amide bonds. The molecule has 3 fully saturated rings. The molecule has 0 unspecified atom stereocenters. The molecule has 8 nitrogen and oxygen atoms in total. The van der Waals surface area contributed by atoms with Crippen molar-refractivity contribution in [3.8, 4) is 0 Å². The van der Waals surface area contributed by atoms with E-state index in [4.69, 9.17) is 0 Å². The molecule has 2 bridgehead atoms. The molecular formula is C18H27N5O3. The van der Waals surface area contributed by atoms with Crippen molar-refractivity contribution in [1.29, 1.82) is 0 Å². The Hall–Kier alpha value is -2.38. The Bertz CT molecular complexity index is 726. The molecule has 0 N–H and O–H groups in total. The van der Waals surface area contributed by atoms with E-state index in [0.717, 1.165) is 24.2 Å². The molecular weight excluding hydrogens is 334 g/mol. The molecule has 0 aromatic carbocycles. The van der Waals surface area contributed by atoms with Crippen LogP contribution in [0.1, 0.15) is 24.2 Å². The Labute approximate surface area is 153 Å². The number of piperidine rings is 1. The van der Waals surface area contributed by atoms with Gasteiger partial charge in [0, 0.05) is 38.9 Å². The van der Waals surface area contributed by atoms with Crippen molar-refractivity contribution in [1.82, 2.24) is 24.5 Å². The fourth-order valence-electron chi connectivity index (χ4n) is 3.80. The second-order valence-electron chi connectivity index (χ2n) is 7.57. The van der Waals surface area contributed by atoms with Crippen LogP contribution in [0.4, 0.5) is 0 Å². The minimum atomic E-state index is -0.215. The highest BCUT2D eigenvalue weighted by Gasteiger charge is 2.42. The molecule has 26 heavy (non-hydrogen) atoms. The SMILES string of the molecule is Cc1cc(C)n(CC(=O)N2C[C@H]3CC[C@@H](C2)N(CC(=O)N(C)C)C3=O)n1. The number of hydrogen-bond donors (Lipinski definition) is 0. The predicted molar refractivity (Wildman–Crippen MR) is 95.2 cm³/mol. The zero-order valence-corrected chi connectivity index (χ0v) is 15.9. The zero-order chi connectivity index (χ0) is 19.0. The van der Waals surface area contributed by atoms with Gasteiger partial charge in [-0.2, -0.15) is 5.10 Å². The largest absolute Gasteiger partial charge is 0.347 e. The lowest BCUT2D eigenvalue weighted by Gasteiger charge is -2.35. The van der Waals surface area contributed by atoms with Gasteiger partial charge in [0.1, 0.15) is 13.1 Å². The van der Waals surface area contributed by atoms with Gasteiger partial charge in [-0.15, -0.1) is 0 Å². The number of aryl methyl sites for hydroxylation is 2. The summed E-state index contributed by atoms with van der Waals surface area (Å²) in [4.78, 5) is 42.6. The van der Waals surface area contributed by atoms with E-state index < -0.39 is 0 Å². The number of amides is 3. The number of rotatable bonds is 4. The van der Waals surface area contributed by atoms with E-state index >= 15 is 0 Å². The lowest BCUT2D eigenvalue weighted by atomic mass is 9.94. The molecule has 2 atom stereocenters. The molecule has 142 valence electrons. The maximum absolute atomic E-state index is 12.8. The van der Waals surface area contributed by atoms with Crippen LogP contribution in [0.15, 0.2) is 6.07 Å². The van der Waals surface area contributed by atoms with Crippen LogP contribution in [-0.4, -0.2) is 82.0 Å². The highest BCUT2D eigenvalue weighted by molar-refractivity contribution is 5.87. The molecule has 0 saturated carbocycles. The first kappa shape index (κ1) is 18.4. The monoisotopic (exact) mass is 361 g/mol. The third kappa shape index (κ3) is 3.59. The van der Waals surface area contributed by atoms with Gasteiger partial charge >= 0.3 is 0 Å². The highest BCUT2D eigenvalue weighted by Crippen LogP contribution is 2.29. The molecule has 1 aromatic heterocycles. The summed E-state index contributed by atoms with van der Waals surface area (Å²) in [5.74, 6) is -0.334. The van der Waals surface area contributed by atoms with Gasteiger partial charge in [0.15, 0.2) is 0 Å². The average molecular weight is 361 g/mol. The van der Waals surface area contributed by atoms with E-state index in [9.17, 15) is 14.4 Å². The molecule has 0 spiro atoms. The predicted octanol–water partition coefficient (Wildman–Crippen LogP) is 0.0375. The van der Waals surface area contributed by atoms with Crippen molar-refractivity contribution in [2.45, 2.75) is 39.3 Å². The maximum atomic E-state index is 12.8. The van der Waals surface area contributed by atoms with E-state index in [0.29, 0.717) is 13.1 Å². The van der Waals surface area contributed by atoms with Crippen molar-refractivity contribution in [2.75, 3.05) is 33.7 Å². The summed E-state index contributed by atoms with van der Waals surface area (Å²) >= 11 is 0. The van der Waals surface area contributed by atoms with Crippen LogP contribution in [0, 0.1) is 19.8 Å². The van der Waals surface area contributed by atoms with E-state index in [1.807, 2.05) is 19.9 Å². The first-order valence-electron chi connectivity index (χ1n) is 9.05. The second-order valence-corrected chi connectivity index (χ2v) is 7.57. The van der Waals surface area contributed by atoms with Crippen LogP contribution >= 0.6 is 0 Å². The van der Waals surface area contributed by atoms with Gasteiger partial charge in [-0.1, -0.05) is 0 Å². The zero-order valence-electron chi connectivity index (χ0n) is 15.9. The highest BCUT2D eigenvalue weighted by atomic mass is 16.2. The van der Waals surface area contributed by atoms with Gasteiger partial charge in [-0.25, -0.2) is 0 Å². The molecule has 4 rings (SSSR count). The number of aromatic nitrogens is 2. The van der Waals surface area contributed by atoms with E-state index in [1.54, 1.807) is 28.6 Å². The van der Waals surface area contributed by atoms with Crippen molar-refractivity contribution < 1.29 is 14.4 Å². The summed E-state index contributed by atoms with van der Waals surface area (Å²) in [5, 5.41) is 4.35. The third-order valence-corrected chi connectivity index (χ3v) is 5.34. The number of nitrogens with zero attached hydrogens (tertiary/aromatic N) is 5. The molecule has 0 aliphatic carbocycles. The molecule has 4 heterocycles. The first-order valence-corrected chi connectivity index (χ1v) is 9.05. The fraction of sp³-hybridized carbons (Fsp3) is 0.667. The molecule has 3 aliphatic heterocycles. The van der Waals surface area contributed by atoms with Crippen LogP contribution in [0.2, 0.25) is 0 Å². The van der Waals surface area contributed by atoms with Crippen molar-refractivity contribution >= 4 is 17.7 Å². The molecule has 0 radical (unpaired) electrons. The van der Waals surface area contributed by atoms with Gasteiger partial charge in [-0.3, -0.25) is 19.1 Å². The van der Waals surface area contributed by atoms with Crippen LogP contribution in [0.3, 0.4) is 0 Å². The molecule has 8 heteroatoms. The normalized spacial score (nSPS) is 22.5. The molecule has 1 aromatic rings. The summed E-state index contributed by atoms with van der Waals surface area (Å²) in [7, 11) is 3.38. The van der Waals surface area contributed by atoms with Gasteiger partial charge in [0.2, 0.25) is 17.7 Å². The minimum Gasteiger partial charge on any atom is -0.347 e. The van der Waals surface area contributed by atoms with Crippen LogP contribution in [0.25, 0.3) is 0 Å². The number of fused-ring (bicyclic) bond motifs is 4. The van der Waals surface area contributed by atoms with Gasteiger partial charge < -0.3 is 14.7 Å². The Balaban J connectivity index is 1.72. The quantitative estimate of drug-likeness (QED) is 0.758. The van der Waals surface area contributed by atoms with Gasteiger partial charge in [-0.05, 0) is 32.8 Å². The lowest BCUT2D eigenvalue weighted by molar-refractivity contribution is -0.145. The topological polar surface area (TPSA) is 78.8 Å². The second kappa shape index (κ2) is 7.09. The van der Waals surface area contributed by atoms with Crippen LogP contribution in [0.5, 0.6) is 0 Å². The Morgan fingerprint density at radius 3 is 2.54 bits per heavy atom. The van der Waals surface area contributed by atoms with Crippen LogP contribution < -0.4 is 0 Å².